The van der Waals surface area contributed by atoms with Gasteiger partial charge in [0.2, 0.25) is 0 Å². The van der Waals surface area contributed by atoms with Crippen molar-refractivity contribution in [3.63, 3.8) is 0 Å². The molecule has 26 heavy (non-hydrogen) atoms. The summed E-state index contributed by atoms with van der Waals surface area (Å²) in [6, 6.07) is 8.75. The molecule has 0 aliphatic heterocycles. The molecule has 130 valence electrons. The molecule has 3 heterocycles. The molecule has 0 amide bonds. The van der Waals surface area contributed by atoms with E-state index in [4.69, 9.17) is 5.26 Å². The van der Waals surface area contributed by atoms with Gasteiger partial charge in [-0.25, -0.2) is 9.37 Å². The smallest absolute Gasteiger partial charge is 0.148 e. The Labute approximate surface area is 153 Å². The normalized spacial score (nSPS) is 15.1. The standard InChI is InChI=1S/C18H15FN6S/c19-13-3-1-8-21-16(13)18(6-2-7-18)11-23-15-5-4-14(24-25-15)17-22-10-12(9-20)26-17/h1,3-5,8,10H,2,6-7,11H2,(H,23,25). The highest BCUT2D eigenvalue weighted by Gasteiger charge is 2.41. The number of nitrogens with zero attached hydrogens (tertiary/aromatic N) is 5. The van der Waals surface area contributed by atoms with Crippen molar-refractivity contribution in [1.82, 2.24) is 20.2 Å². The van der Waals surface area contributed by atoms with Crippen LogP contribution in [0.25, 0.3) is 10.7 Å². The second-order valence-electron chi connectivity index (χ2n) is 6.27. The number of rotatable bonds is 5. The lowest BCUT2D eigenvalue weighted by Gasteiger charge is -2.41. The molecule has 0 unspecified atom stereocenters. The number of hydrogen-bond donors (Lipinski definition) is 1. The number of anilines is 1. The molecule has 0 saturated heterocycles. The molecule has 4 rings (SSSR count). The molecule has 1 aliphatic carbocycles. The zero-order valence-corrected chi connectivity index (χ0v) is 14.6. The van der Waals surface area contributed by atoms with Gasteiger partial charge in [0.1, 0.15) is 33.3 Å². The van der Waals surface area contributed by atoms with E-state index in [-0.39, 0.29) is 11.2 Å². The number of halogens is 1. The van der Waals surface area contributed by atoms with Crippen LogP contribution in [0.3, 0.4) is 0 Å². The Balaban J connectivity index is 1.48. The number of hydrogen-bond acceptors (Lipinski definition) is 7. The largest absolute Gasteiger partial charge is 0.368 e. The summed E-state index contributed by atoms with van der Waals surface area (Å²) in [7, 11) is 0. The summed E-state index contributed by atoms with van der Waals surface area (Å²) in [6.45, 7) is 0.560. The van der Waals surface area contributed by atoms with E-state index < -0.39 is 0 Å². The summed E-state index contributed by atoms with van der Waals surface area (Å²) in [4.78, 5) is 8.97. The SMILES string of the molecule is N#Cc1cnc(-c2ccc(NCC3(c4ncccc4F)CCC3)nn2)s1. The first-order valence-electron chi connectivity index (χ1n) is 8.25. The Morgan fingerprint density at radius 2 is 2.12 bits per heavy atom. The molecule has 3 aromatic rings. The molecule has 0 radical (unpaired) electrons. The summed E-state index contributed by atoms with van der Waals surface area (Å²) < 4.78 is 14.2. The van der Waals surface area contributed by atoms with Crippen LogP contribution in [-0.4, -0.2) is 26.7 Å². The summed E-state index contributed by atoms with van der Waals surface area (Å²) in [5.41, 5.74) is 0.856. The van der Waals surface area contributed by atoms with Crippen molar-refractivity contribution in [1.29, 1.82) is 5.26 Å². The molecule has 1 aliphatic rings. The highest BCUT2D eigenvalue weighted by molar-refractivity contribution is 7.15. The molecule has 8 heteroatoms. The second-order valence-corrected chi connectivity index (χ2v) is 7.30. The number of nitrogens with one attached hydrogen (secondary N) is 1. The Morgan fingerprint density at radius 3 is 2.73 bits per heavy atom. The fourth-order valence-electron chi connectivity index (χ4n) is 3.12. The molecular formula is C18H15FN6S. The van der Waals surface area contributed by atoms with Crippen molar-refractivity contribution in [2.45, 2.75) is 24.7 Å². The van der Waals surface area contributed by atoms with E-state index in [2.05, 4.69) is 31.6 Å². The van der Waals surface area contributed by atoms with E-state index in [1.807, 2.05) is 12.1 Å². The van der Waals surface area contributed by atoms with Crippen LogP contribution in [0, 0.1) is 17.1 Å². The monoisotopic (exact) mass is 366 g/mol. The van der Waals surface area contributed by atoms with E-state index in [1.54, 1.807) is 12.3 Å². The summed E-state index contributed by atoms with van der Waals surface area (Å²) in [5, 5.41) is 21.1. The lowest BCUT2D eigenvalue weighted by atomic mass is 9.66. The molecular weight excluding hydrogens is 351 g/mol. The van der Waals surface area contributed by atoms with Crippen molar-refractivity contribution in [3.05, 3.63) is 53.0 Å². The van der Waals surface area contributed by atoms with Gasteiger partial charge in [0.05, 0.1) is 11.9 Å². The minimum atomic E-state index is -0.289. The Bertz CT molecular complexity index is 958. The Morgan fingerprint density at radius 1 is 1.23 bits per heavy atom. The quantitative estimate of drug-likeness (QED) is 0.743. The van der Waals surface area contributed by atoms with E-state index in [9.17, 15) is 4.39 Å². The maximum absolute atomic E-state index is 14.2. The van der Waals surface area contributed by atoms with Crippen LogP contribution in [0.1, 0.15) is 29.8 Å². The average Bonchev–Trinajstić information content (AvgIpc) is 3.12. The molecule has 0 bridgehead atoms. The number of pyridine rings is 1. The van der Waals surface area contributed by atoms with Crippen LogP contribution in [0.15, 0.2) is 36.7 Å². The predicted molar refractivity (Wildman–Crippen MR) is 96.1 cm³/mol. The highest BCUT2D eigenvalue weighted by Crippen LogP contribution is 2.43. The van der Waals surface area contributed by atoms with Gasteiger partial charge >= 0.3 is 0 Å². The van der Waals surface area contributed by atoms with Crippen molar-refractivity contribution in [2.75, 3.05) is 11.9 Å². The molecule has 0 spiro atoms. The van der Waals surface area contributed by atoms with Crippen molar-refractivity contribution in [2.24, 2.45) is 0 Å². The molecule has 3 aromatic heterocycles. The zero-order chi connectivity index (χ0) is 18.0. The van der Waals surface area contributed by atoms with Crippen LogP contribution < -0.4 is 5.32 Å². The first-order valence-corrected chi connectivity index (χ1v) is 9.07. The molecule has 0 aromatic carbocycles. The Hall–Kier alpha value is -2.92. The lowest BCUT2D eigenvalue weighted by Crippen LogP contribution is -2.42. The first kappa shape index (κ1) is 16.5. The van der Waals surface area contributed by atoms with Gasteiger partial charge in [-0.2, -0.15) is 5.26 Å². The minimum Gasteiger partial charge on any atom is -0.368 e. The van der Waals surface area contributed by atoms with E-state index in [0.717, 1.165) is 19.3 Å². The third-order valence-corrected chi connectivity index (χ3v) is 5.60. The van der Waals surface area contributed by atoms with Crippen LogP contribution in [-0.2, 0) is 5.41 Å². The fourth-order valence-corrected chi connectivity index (χ4v) is 3.80. The van der Waals surface area contributed by atoms with Gasteiger partial charge in [-0.05, 0) is 37.1 Å². The third kappa shape index (κ3) is 3.02. The fraction of sp³-hybridized carbons (Fsp3) is 0.278. The zero-order valence-electron chi connectivity index (χ0n) is 13.8. The van der Waals surface area contributed by atoms with Crippen LogP contribution in [0.5, 0.6) is 0 Å². The van der Waals surface area contributed by atoms with Gasteiger partial charge in [-0.1, -0.05) is 6.42 Å². The van der Waals surface area contributed by atoms with Crippen LogP contribution in [0.2, 0.25) is 0 Å². The van der Waals surface area contributed by atoms with Gasteiger partial charge in [-0.15, -0.1) is 21.5 Å². The van der Waals surface area contributed by atoms with E-state index >= 15 is 0 Å². The molecule has 1 N–H and O–H groups in total. The van der Waals surface area contributed by atoms with Crippen molar-refractivity contribution >= 4 is 17.2 Å². The average molecular weight is 366 g/mol. The maximum atomic E-state index is 14.2. The second kappa shape index (κ2) is 6.77. The van der Waals surface area contributed by atoms with Gasteiger partial charge in [0, 0.05) is 18.2 Å². The van der Waals surface area contributed by atoms with Gasteiger partial charge in [0.15, 0.2) is 0 Å². The molecule has 0 atom stereocenters. The molecule has 1 fully saturated rings. The van der Waals surface area contributed by atoms with Gasteiger partial charge in [0.25, 0.3) is 0 Å². The van der Waals surface area contributed by atoms with E-state index in [1.165, 1.54) is 23.6 Å². The summed E-state index contributed by atoms with van der Waals surface area (Å²) >= 11 is 1.28. The van der Waals surface area contributed by atoms with E-state index in [0.29, 0.717) is 33.6 Å². The van der Waals surface area contributed by atoms with Gasteiger partial charge < -0.3 is 5.32 Å². The summed E-state index contributed by atoms with van der Waals surface area (Å²) in [5.74, 6) is 0.362. The lowest BCUT2D eigenvalue weighted by molar-refractivity contribution is 0.243. The number of thiazole rings is 1. The molecule has 1 saturated carbocycles. The number of nitriles is 1. The predicted octanol–water partition coefficient (Wildman–Crippen LogP) is 3.54. The molecule has 6 nitrogen and oxygen atoms in total. The van der Waals surface area contributed by atoms with Crippen LogP contribution >= 0.6 is 11.3 Å². The maximum Gasteiger partial charge on any atom is 0.148 e. The number of aromatic nitrogens is 4. The summed E-state index contributed by atoms with van der Waals surface area (Å²) in [6.07, 6.45) is 6.02. The van der Waals surface area contributed by atoms with Gasteiger partial charge in [-0.3, -0.25) is 4.98 Å². The topological polar surface area (TPSA) is 87.4 Å². The third-order valence-electron chi connectivity index (χ3n) is 4.68. The van der Waals surface area contributed by atoms with Crippen molar-refractivity contribution in [3.8, 4) is 16.8 Å². The highest BCUT2D eigenvalue weighted by atomic mass is 32.1. The Kier molecular flexibility index (Phi) is 4.31. The van der Waals surface area contributed by atoms with Crippen molar-refractivity contribution < 1.29 is 4.39 Å². The minimum absolute atomic E-state index is 0.257. The van der Waals surface area contributed by atoms with Crippen LogP contribution in [0.4, 0.5) is 10.2 Å². The first-order chi connectivity index (χ1) is 12.7.